The summed E-state index contributed by atoms with van der Waals surface area (Å²) in [6, 6.07) is 0. The summed E-state index contributed by atoms with van der Waals surface area (Å²) in [6.07, 6.45) is 0.859. The molecule has 0 amide bonds. The van der Waals surface area contributed by atoms with E-state index in [-0.39, 0.29) is 24.5 Å². The minimum Gasteiger partial charge on any atom is -1.00 e. The van der Waals surface area contributed by atoms with Gasteiger partial charge in [-0.3, -0.25) is 0 Å². The summed E-state index contributed by atoms with van der Waals surface area (Å²) in [7, 11) is 0. The zero-order valence-electron chi connectivity index (χ0n) is 12.5. The summed E-state index contributed by atoms with van der Waals surface area (Å²) in [5, 5.41) is 0. The molecule has 0 aromatic rings. The van der Waals surface area contributed by atoms with Gasteiger partial charge in [0.25, 0.3) is 0 Å². The minimum atomic E-state index is -0.266. The molecular weight excluding hydrogens is 250 g/mol. The van der Waals surface area contributed by atoms with Crippen molar-refractivity contribution in [1.82, 2.24) is 0 Å². The number of quaternary nitrogens is 1. The Hall–Kier alpha value is -0.540. The van der Waals surface area contributed by atoms with Gasteiger partial charge in [-0.2, -0.15) is 0 Å². The van der Waals surface area contributed by atoms with Crippen molar-refractivity contribution in [2.75, 3.05) is 26.2 Å². The molecule has 18 heavy (non-hydrogen) atoms. The maximum Gasteiger partial charge on any atom is 0.333 e. The molecule has 4 heteroatoms. The number of hydrogen-bond donors (Lipinski definition) is 0. The monoisotopic (exact) mass is 277 g/mol. The molecule has 3 nitrogen and oxygen atoms in total. The predicted molar refractivity (Wildman–Crippen MR) is 71.7 cm³/mol. The van der Waals surface area contributed by atoms with E-state index < -0.39 is 0 Å². The number of ether oxygens (including phenoxy) is 1. The number of rotatable bonds is 8. The van der Waals surface area contributed by atoms with Crippen LogP contribution in [0.1, 0.15) is 41.0 Å². The van der Waals surface area contributed by atoms with Crippen molar-refractivity contribution in [3.05, 3.63) is 12.2 Å². The van der Waals surface area contributed by atoms with Crippen LogP contribution in [0.25, 0.3) is 0 Å². The van der Waals surface area contributed by atoms with E-state index in [0.717, 1.165) is 37.1 Å². The van der Waals surface area contributed by atoms with Crippen LogP contribution in [0.2, 0.25) is 0 Å². The Morgan fingerprint density at radius 1 is 1.17 bits per heavy atom. The van der Waals surface area contributed by atoms with Crippen LogP contribution in [-0.2, 0) is 9.53 Å². The summed E-state index contributed by atoms with van der Waals surface area (Å²) in [6.45, 7) is 18.1. The lowest BCUT2D eigenvalue weighted by molar-refractivity contribution is -0.925. The fraction of sp³-hybridized carbons (Fsp3) is 0.786. The lowest BCUT2D eigenvalue weighted by Gasteiger charge is -2.38. The van der Waals surface area contributed by atoms with Crippen molar-refractivity contribution in [2.24, 2.45) is 0 Å². The van der Waals surface area contributed by atoms with Gasteiger partial charge in [-0.25, -0.2) is 4.79 Å². The van der Waals surface area contributed by atoms with Crippen molar-refractivity contribution in [3.8, 4) is 0 Å². The number of carbonyl (C=O) groups is 1. The molecule has 1 atom stereocenters. The van der Waals surface area contributed by atoms with Crippen LogP contribution in [0, 0.1) is 0 Å². The lowest BCUT2D eigenvalue weighted by atomic mass is 10.2. The fourth-order valence-electron chi connectivity index (χ4n) is 1.99. The van der Waals surface area contributed by atoms with Crippen LogP contribution in [-0.4, -0.2) is 42.7 Å². The first kappa shape index (κ1) is 19.8. The SMILES string of the molecule is C=C(C)C(=O)OC(CC)C[N+](CC)(CC)CC.[Cl-]. The van der Waals surface area contributed by atoms with Gasteiger partial charge in [-0.1, -0.05) is 13.5 Å². The molecule has 0 aliphatic heterocycles. The Bertz CT molecular complexity index is 254. The van der Waals surface area contributed by atoms with Crippen molar-refractivity contribution in [3.63, 3.8) is 0 Å². The highest BCUT2D eigenvalue weighted by Crippen LogP contribution is 2.12. The van der Waals surface area contributed by atoms with Crippen LogP contribution in [0.5, 0.6) is 0 Å². The van der Waals surface area contributed by atoms with Crippen LogP contribution >= 0.6 is 0 Å². The van der Waals surface area contributed by atoms with E-state index in [4.69, 9.17) is 4.74 Å². The molecule has 0 bridgehead atoms. The second-order valence-electron chi connectivity index (χ2n) is 4.69. The molecule has 0 aromatic carbocycles. The predicted octanol–water partition coefficient (Wildman–Crippen LogP) is -0.235. The highest BCUT2D eigenvalue weighted by atomic mass is 35.5. The van der Waals surface area contributed by atoms with Crippen LogP contribution < -0.4 is 12.4 Å². The summed E-state index contributed by atoms with van der Waals surface area (Å²) >= 11 is 0. The molecule has 0 fully saturated rings. The minimum absolute atomic E-state index is 0. The summed E-state index contributed by atoms with van der Waals surface area (Å²) < 4.78 is 6.47. The third kappa shape index (κ3) is 5.87. The van der Waals surface area contributed by atoms with Gasteiger partial charge in [-0.15, -0.1) is 0 Å². The summed E-state index contributed by atoms with van der Waals surface area (Å²) in [5.41, 5.74) is 0.478. The standard InChI is InChI=1S/C14H28NO2.ClH/c1-7-13(17-14(16)12(5)6)11-15(8-2,9-3)10-4;/h13H,5,7-11H2,1-4,6H3;1H/q+1;/p-1. The number of esters is 1. The van der Waals surface area contributed by atoms with Crippen LogP contribution in [0.15, 0.2) is 12.2 Å². The van der Waals surface area contributed by atoms with Crippen molar-refractivity contribution in [1.29, 1.82) is 0 Å². The quantitative estimate of drug-likeness (QED) is 0.348. The Balaban J connectivity index is 0. The van der Waals surface area contributed by atoms with Gasteiger partial charge in [0.05, 0.1) is 19.6 Å². The lowest BCUT2D eigenvalue weighted by Crippen LogP contribution is -3.00. The summed E-state index contributed by atoms with van der Waals surface area (Å²) in [4.78, 5) is 11.5. The molecule has 0 rings (SSSR count). The van der Waals surface area contributed by atoms with E-state index in [9.17, 15) is 4.79 Å². The van der Waals surface area contributed by atoms with E-state index in [2.05, 4.69) is 34.3 Å². The van der Waals surface area contributed by atoms with E-state index in [1.807, 2.05) is 0 Å². The van der Waals surface area contributed by atoms with Gasteiger partial charge in [0.2, 0.25) is 0 Å². The highest BCUT2D eigenvalue weighted by molar-refractivity contribution is 5.87. The van der Waals surface area contributed by atoms with Gasteiger partial charge in [-0.05, 0) is 34.1 Å². The number of likely N-dealkylation sites (N-methyl/N-ethyl adjacent to an activating group) is 1. The Labute approximate surface area is 118 Å². The fourth-order valence-corrected chi connectivity index (χ4v) is 1.99. The van der Waals surface area contributed by atoms with Crippen molar-refractivity contribution in [2.45, 2.75) is 47.1 Å². The molecule has 0 heterocycles. The molecule has 0 aliphatic rings. The Morgan fingerprint density at radius 3 is 1.89 bits per heavy atom. The molecule has 108 valence electrons. The van der Waals surface area contributed by atoms with Crippen molar-refractivity contribution < 1.29 is 26.4 Å². The normalized spacial score (nSPS) is 12.5. The molecule has 0 aromatic heterocycles. The van der Waals surface area contributed by atoms with Crippen LogP contribution in [0.4, 0.5) is 0 Å². The van der Waals surface area contributed by atoms with Gasteiger partial charge in [0.15, 0.2) is 6.10 Å². The number of hydrogen-bond acceptors (Lipinski definition) is 2. The second kappa shape index (κ2) is 9.40. The zero-order chi connectivity index (χ0) is 13.5. The largest absolute Gasteiger partial charge is 1.00 e. The average molecular weight is 278 g/mol. The summed E-state index contributed by atoms with van der Waals surface area (Å²) in [5.74, 6) is -0.266. The topological polar surface area (TPSA) is 26.3 Å². The van der Waals surface area contributed by atoms with Crippen LogP contribution in [0.3, 0.4) is 0 Å². The van der Waals surface area contributed by atoms with E-state index in [1.54, 1.807) is 6.92 Å². The van der Waals surface area contributed by atoms with E-state index in [1.165, 1.54) is 0 Å². The first-order valence-electron chi connectivity index (χ1n) is 6.66. The average Bonchev–Trinajstić information content (AvgIpc) is 2.34. The molecule has 0 saturated heterocycles. The first-order chi connectivity index (χ1) is 7.94. The highest BCUT2D eigenvalue weighted by Gasteiger charge is 2.27. The van der Waals surface area contributed by atoms with Gasteiger partial charge >= 0.3 is 5.97 Å². The second-order valence-corrected chi connectivity index (χ2v) is 4.69. The molecule has 0 aliphatic carbocycles. The molecule has 0 spiro atoms. The third-order valence-electron chi connectivity index (χ3n) is 3.68. The smallest absolute Gasteiger partial charge is 0.333 e. The maximum atomic E-state index is 11.5. The number of carbonyl (C=O) groups excluding carboxylic acids is 1. The van der Waals surface area contributed by atoms with Gasteiger partial charge in [0, 0.05) is 5.57 Å². The Kier molecular flexibility index (Phi) is 10.3. The maximum absolute atomic E-state index is 11.5. The zero-order valence-corrected chi connectivity index (χ0v) is 13.2. The Morgan fingerprint density at radius 2 is 1.61 bits per heavy atom. The molecule has 0 N–H and O–H groups in total. The molecular formula is C14H28ClNO2. The van der Waals surface area contributed by atoms with Gasteiger partial charge < -0.3 is 21.6 Å². The van der Waals surface area contributed by atoms with E-state index >= 15 is 0 Å². The molecule has 0 saturated carbocycles. The number of halogens is 1. The first-order valence-corrected chi connectivity index (χ1v) is 6.66. The number of nitrogens with zero attached hydrogens (tertiary/aromatic N) is 1. The molecule has 1 unspecified atom stereocenters. The molecule has 0 radical (unpaired) electrons. The van der Waals surface area contributed by atoms with E-state index in [0.29, 0.717) is 5.57 Å². The van der Waals surface area contributed by atoms with Gasteiger partial charge in [0.1, 0.15) is 6.54 Å². The third-order valence-corrected chi connectivity index (χ3v) is 3.68. The van der Waals surface area contributed by atoms with Crippen molar-refractivity contribution >= 4 is 5.97 Å².